The van der Waals surface area contributed by atoms with Crippen molar-refractivity contribution in [3.05, 3.63) is 36.1 Å². The van der Waals surface area contributed by atoms with E-state index in [1.54, 1.807) is 20.3 Å². The van der Waals surface area contributed by atoms with Crippen molar-refractivity contribution in [2.45, 2.75) is 12.2 Å². The minimum absolute atomic E-state index is 0.367. The average Bonchev–Trinajstić information content (AvgIpc) is 3.34. The number of H-pyrrole nitrogens is 1. The first kappa shape index (κ1) is 15.0. The van der Waals surface area contributed by atoms with Gasteiger partial charge in [0.25, 0.3) is 0 Å². The first-order valence-corrected chi connectivity index (χ1v) is 7.52. The molecule has 1 N–H and O–H groups in total. The van der Waals surface area contributed by atoms with E-state index in [1.165, 1.54) is 6.33 Å². The topological polar surface area (TPSA) is 91.6 Å². The highest BCUT2D eigenvalue weighted by Crippen LogP contribution is 2.41. The van der Waals surface area contributed by atoms with E-state index < -0.39 is 5.79 Å². The maximum Gasteiger partial charge on any atom is 0.235 e. The standard InChI is InChI=1S/C16H17N3O5/c1-20-11-5-10-6-13(24-15(10)12(7-11)21-2)16(22-3-4-23-16)8-14-17-9-18-19-14/h5-7,9H,3-4,8H2,1-2H3,(H,17,18,19). The van der Waals surface area contributed by atoms with Gasteiger partial charge in [-0.2, -0.15) is 5.10 Å². The summed E-state index contributed by atoms with van der Waals surface area (Å²) in [5, 5.41) is 7.54. The van der Waals surface area contributed by atoms with Gasteiger partial charge in [-0.3, -0.25) is 5.10 Å². The second kappa shape index (κ2) is 5.81. The zero-order chi connectivity index (χ0) is 16.6. The number of hydrogen-bond acceptors (Lipinski definition) is 7. The van der Waals surface area contributed by atoms with E-state index in [0.29, 0.717) is 48.3 Å². The maximum atomic E-state index is 6.03. The summed E-state index contributed by atoms with van der Waals surface area (Å²) in [5.74, 6) is 1.45. The Labute approximate surface area is 137 Å². The number of aromatic nitrogens is 3. The lowest BCUT2D eigenvalue weighted by Crippen LogP contribution is -2.30. The Hall–Kier alpha value is -2.58. The van der Waals surface area contributed by atoms with E-state index in [1.807, 2.05) is 12.1 Å². The molecule has 0 amide bonds. The minimum atomic E-state index is -1.03. The van der Waals surface area contributed by atoms with Crippen LogP contribution in [0.1, 0.15) is 11.6 Å². The van der Waals surface area contributed by atoms with Gasteiger partial charge in [0, 0.05) is 11.5 Å². The largest absolute Gasteiger partial charge is 0.497 e. The molecule has 0 aliphatic carbocycles. The molecule has 0 saturated carbocycles. The monoisotopic (exact) mass is 331 g/mol. The third kappa shape index (κ3) is 2.40. The number of nitrogens with one attached hydrogen (secondary N) is 1. The van der Waals surface area contributed by atoms with Crippen LogP contribution in [-0.4, -0.2) is 42.6 Å². The van der Waals surface area contributed by atoms with Crippen LogP contribution in [-0.2, 0) is 21.7 Å². The van der Waals surface area contributed by atoms with Crippen LogP contribution in [0, 0.1) is 0 Å². The first-order chi connectivity index (χ1) is 11.7. The smallest absolute Gasteiger partial charge is 0.235 e. The number of ether oxygens (including phenoxy) is 4. The summed E-state index contributed by atoms with van der Waals surface area (Å²) in [6.07, 6.45) is 1.82. The first-order valence-electron chi connectivity index (χ1n) is 7.52. The van der Waals surface area contributed by atoms with Gasteiger partial charge in [0.2, 0.25) is 5.79 Å². The Balaban J connectivity index is 1.81. The maximum absolute atomic E-state index is 6.03. The molecule has 8 heteroatoms. The second-order valence-corrected chi connectivity index (χ2v) is 5.42. The van der Waals surface area contributed by atoms with Crippen LogP contribution >= 0.6 is 0 Å². The highest BCUT2D eigenvalue weighted by Gasteiger charge is 2.43. The third-order valence-corrected chi connectivity index (χ3v) is 4.01. The summed E-state index contributed by atoms with van der Waals surface area (Å²) in [6.45, 7) is 0.956. The highest BCUT2D eigenvalue weighted by atomic mass is 16.7. The van der Waals surface area contributed by atoms with Crippen LogP contribution in [0.5, 0.6) is 11.5 Å². The molecule has 0 spiro atoms. The van der Waals surface area contributed by atoms with E-state index in [0.717, 1.165) is 5.39 Å². The Morgan fingerprint density at radius 1 is 1.17 bits per heavy atom. The average molecular weight is 331 g/mol. The normalized spacial score (nSPS) is 16.6. The van der Waals surface area contributed by atoms with Gasteiger partial charge < -0.3 is 23.4 Å². The molecular formula is C16H17N3O5. The van der Waals surface area contributed by atoms with Crippen LogP contribution in [0.4, 0.5) is 0 Å². The molecular weight excluding hydrogens is 314 g/mol. The fraction of sp³-hybridized carbons (Fsp3) is 0.375. The lowest BCUT2D eigenvalue weighted by Gasteiger charge is -2.23. The number of methoxy groups -OCH3 is 2. The van der Waals surface area contributed by atoms with E-state index in [-0.39, 0.29) is 0 Å². The minimum Gasteiger partial charge on any atom is -0.497 e. The van der Waals surface area contributed by atoms with E-state index in [2.05, 4.69) is 15.2 Å². The number of furan rings is 1. The van der Waals surface area contributed by atoms with Crippen molar-refractivity contribution in [1.29, 1.82) is 0 Å². The van der Waals surface area contributed by atoms with E-state index in [9.17, 15) is 0 Å². The van der Waals surface area contributed by atoms with Gasteiger partial charge in [0.15, 0.2) is 17.1 Å². The zero-order valence-electron chi connectivity index (χ0n) is 13.4. The number of fused-ring (bicyclic) bond motifs is 1. The van der Waals surface area contributed by atoms with Gasteiger partial charge in [0.1, 0.15) is 17.9 Å². The summed E-state index contributed by atoms with van der Waals surface area (Å²) < 4.78 is 28.5. The quantitative estimate of drug-likeness (QED) is 0.764. The molecule has 1 aliphatic heterocycles. The van der Waals surface area contributed by atoms with Crippen molar-refractivity contribution in [2.24, 2.45) is 0 Å². The highest BCUT2D eigenvalue weighted by molar-refractivity contribution is 5.85. The van der Waals surface area contributed by atoms with Gasteiger partial charge >= 0.3 is 0 Å². The molecule has 0 bridgehead atoms. The SMILES string of the molecule is COc1cc(OC)c2oc(C3(Cc4ncn[nH]4)OCCO3)cc2c1. The molecule has 0 unspecified atom stereocenters. The molecule has 2 aromatic heterocycles. The predicted octanol–water partition coefficient (Wildman–Crippen LogP) is 2.01. The fourth-order valence-electron chi connectivity index (χ4n) is 2.87. The molecule has 0 radical (unpaired) electrons. The summed E-state index contributed by atoms with van der Waals surface area (Å²) in [7, 11) is 3.19. The van der Waals surface area contributed by atoms with Crippen molar-refractivity contribution in [1.82, 2.24) is 15.2 Å². The number of nitrogens with zero attached hydrogens (tertiary/aromatic N) is 2. The molecule has 0 atom stereocenters. The molecule has 24 heavy (non-hydrogen) atoms. The molecule has 1 saturated heterocycles. The molecule has 4 rings (SSSR count). The summed E-state index contributed by atoms with van der Waals surface area (Å²) in [5.41, 5.74) is 0.615. The van der Waals surface area contributed by atoms with Crippen LogP contribution in [0.2, 0.25) is 0 Å². The van der Waals surface area contributed by atoms with Gasteiger partial charge in [-0.15, -0.1) is 0 Å². The van der Waals surface area contributed by atoms with Crippen molar-refractivity contribution < 1.29 is 23.4 Å². The van der Waals surface area contributed by atoms with Gasteiger partial charge in [-0.25, -0.2) is 4.98 Å². The Bertz CT molecular complexity index is 837. The van der Waals surface area contributed by atoms with E-state index >= 15 is 0 Å². The number of rotatable bonds is 5. The van der Waals surface area contributed by atoms with Gasteiger partial charge in [-0.05, 0) is 12.1 Å². The molecule has 1 fully saturated rings. The fourth-order valence-corrected chi connectivity index (χ4v) is 2.87. The summed E-state index contributed by atoms with van der Waals surface area (Å²) >= 11 is 0. The van der Waals surface area contributed by atoms with Gasteiger partial charge in [0.05, 0.1) is 33.9 Å². The van der Waals surface area contributed by atoms with Crippen LogP contribution in [0.3, 0.4) is 0 Å². The van der Waals surface area contributed by atoms with Crippen LogP contribution in [0.25, 0.3) is 11.0 Å². The molecule has 3 heterocycles. The second-order valence-electron chi connectivity index (χ2n) is 5.42. The van der Waals surface area contributed by atoms with Crippen molar-refractivity contribution in [2.75, 3.05) is 27.4 Å². The number of benzene rings is 1. The molecule has 8 nitrogen and oxygen atoms in total. The summed E-state index contributed by atoms with van der Waals surface area (Å²) in [4.78, 5) is 4.15. The Kier molecular flexibility index (Phi) is 3.62. The molecule has 1 aromatic carbocycles. The van der Waals surface area contributed by atoms with Crippen molar-refractivity contribution in [3.8, 4) is 11.5 Å². The van der Waals surface area contributed by atoms with Crippen molar-refractivity contribution in [3.63, 3.8) is 0 Å². The molecule has 3 aromatic rings. The summed E-state index contributed by atoms with van der Waals surface area (Å²) in [6, 6.07) is 5.53. The molecule has 126 valence electrons. The van der Waals surface area contributed by atoms with Crippen molar-refractivity contribution >= 4 is 11.0 Å². The number of hydrogen-bond donors (Lipinski definition) is 1. The Morgan fingerprint density at radius 2 is 2.00 bits per heavy atom. The van der Waals surface area contributed by atoms with Crippen LogP contribution < -0.4 is 9.47 Å². The van der Waals surface area contributed by atoms with Gasteiger partial charge in [-0.1, -0.05) is 0 Å². The van der Waals surface area contributed by atoms with Crippen LogP contribution in [0.15, 0.2) is 28.9 Å². The zero-order valence-corrected chi connectivity index (χ0v) is 13.4. The predicted molar refractivity (Wildman–Crippen MR) is 83.0 cm³/mol. The third-order valence-electron chi connectivity index (χ3n) is 4.01. The number of aromatic amines is 1. The van der Waals surface area contributed by atoms with E-state index in [4.69, 9.17) is 23.4 Å². The lowest BCUT2D eigenvalue weighted by atomic mass is 10.1. The lowest BCUT2D eigenvalue weighted by molar-refractivity contribution is -0.177. The Morgan fingerprint density at radius 3 is 2.67 bits per heavy atom. The molecule has 1 aliphatic rings.